The molecule has 1 N–H and O–H groups in total. The molecule has 1 unspecified atom stereocenters. The van der Waals surface area contributed by atoms with Crippen molar-refractivity contribution in [2.75, 3.05) is 0 Å². The number of nitrogens with one attached hydrogen (secondary N) is 1. The fraction of sp³-hybridized carbons (Fsp3) is 0.393. The van der Waals surface area contributed by atoms with Crippen LogP contribution in [-0.4, -0.2) is 32.0 Å². The fourth-order valence-corrected chi connectivity index (χ4v) is 4.29. The van der Waals surface area contributed by atoms with E-state index in [4.69, 9.17) is 5.10 Å². The van der Waals surface area contributed by atoms with Gasteiger partial charge in [-0.3, -0.25) is 14.3 Å². The van der Waals surface area contributed by atoms with Crippen molar-refractivity contribution in [3.8, 4) is 0 Å². The topological polar surface area (TPSA) is 67.2 Å². The van der Waals surface area contributed by atoms with Gasteiger partial charge in [-0.1, -0.05) is 82.3 Å². The number of carbonyl (C=O) groups is 2. The summed E-state index contributed by atoms with van der Waals surface area (Å²) < 4.78 is 1.71. The Balaban J connectivity index is 1.68. The molecule has 1 aliphatic heterocycles. The second-order valence-corrected chi connectivity index (χ2v) is 10.3. The van der Waals surface area contributed by atoms with Crippen LogP contribution >= 0.6 is 0 Å². The van der Waals surface area contributed by atoms with Crippen molar-refractivity contribution < 1.29 is 9.59 Å². The van der Waals surface area contributed by atoms with Crippen LogP contribution in [0.5, 0.6) is 0 Å². The van der Waals surface area contributed by atoms with Crippen LogP contribution in [0.2, 0.25) is 0 Å². The highest BCUT2D eigenvalue weighted by Crippen LogP contribution is 2.32. The molecule has 1 aliphatic rings. The van der Waals surface area contributed by atoms with E-state index in [1.165, 1.54) is 5.56 Å². The van der Waals surface area contributed by atoms with Gasteiger partial charge in [0.05, 0.1) is 12.2 Å². The zero-order chi connectivity index (χ0) is 24.5. The number of amides is 2. The van der Waals surface area contributed by atoms with Crippen molar-refractivity contribution in [1.29, 1.82) is 0 Å². The molecule has 0 bridgehead atoms. The Hall–Kier alpha value is -3.41. The van der Waals surface area contributed by atoms with Crippen LogP contribution in [0.25, 0.3) is 0 Å². The van der Waals surface area contributed by atoms with Gasteiger partial charge in [-0.05, 0) is 36.1 Å². The molecule has 0 spiro atoms. The molecule has 34 heavy (non-hydrogen) atoms. The highest BCUT2D eigenvalue weighted by atomic mass is 16.2. The molecule has 3 aromatic rings. The van der Waals surface area contributed by atoms with Gasteiger partial charge in [-0.25, -0.2) is 0 Å². The number of aromatic nitrogens is 2. The van der Waals surface area contributed by atoms with Gasteiger partial charge in [-0.2, -0.15) is 5.10 Å². The van der Waals surface area contributed by atoms with E-state index in [0.717, 1.165) is 23.2 Å². The fourth-order valence-electron chi connectivity index (χ4n) is 4.29. The maximum Gasteiger partial charge on any atom is 0.273 e. The molecule has 1 atom stereocenters. The van der Waals surface area contributed by atoms with Crippen molar-refractivity contribution in [3.05, 3.63) is 88.7 Å². The van der Waals surface area contributed by atoms with Gasteiger partial charge in [0.15, 0.2) is 0 Å². The van der Waals surface area contributed by atoms with E-state index in [2.05, 4.69) is 45.1 Å². The SMILES string of the molecule is CCc1ccc(CN2C(=O)c3cc(C(C)(C)C)nn3CC2(C)C(=O)NCc2ccccc2)cc1. The first-order valence-electron chi connectivity index (χ1n) is 11.9. The largest absolute Gasteiger partial charge is 0.350 e. The van der Waals surface area contributed by atoms with E-state index in [-0.39, 0.29) is 17.2 Å². The summed E-state index contributed by atoms with van der Waals surface area (Å²) >= 11 is 0. The molecule has 0 radical (unpaired) electrons. The predicted molar refractivity (Wildman–Crippen MR) is 133 cm³/mol. The number of rotatable bonds is 6. The first-order valence-corrected chi connectivity index (χ1v) is 11.9. The zero-order valence-electron chi connectivity index (χ0n) is 20.8. The summed E-state index contributed by atoms with van der Waals surface area (Å²) in [7, 11) is 0. The summed E-state index contributed by atoms with van der Waals surface area (Å²) in [6.07, 6.45) is 0.956. The number of hydrogen-bond donors (Lipinski definition) is 1. The lowest BCUT2D eigenvalue weighted by Crippen LogP contribution is -2.63. The smallest absolute Gasteiger partial charge is 0.273 e. The minimum Gasteiger partial charge on any atom is -0.350 e. The molecule has 4 rings (SSSR count). The molecular weight excluding hydrogens is 424 g/mol. The Morgan fingerprint density at radius 2 is 1.68 bits per heavy atom. The van der Waals surface area contributed by atoms with Gasteiger partial charge in [0.1, 0.15) is 11.2 Å². The number of aryl methyl sites for hydroxylation is 1. The van der Waals surface area contributed by atoms with Gasteiger partial charge in [0, 0.05) is 18.5 Å². The second-order valence-electron chi connectivity index (χ2n) is 10.3. The van der Waals surface area contributed by atoms with Gasteiger partial charge in [0.2, 0.25) is 5.91 Å². The molecule has 2 amide bonds. The lowest BCUT2D eigenvalue weighted by molar-refractivity contribution is -0.133. The summed E-state index contributed by atoms with van der Waals surface area (Å²) in [5.41, 5.74) is 3.35. The molecule has 2 heterocycles. The molecule has 1 aromatic heterocycles. The summed E-state index contributed by atoms with van der Waals surface area (Å²) in [4.78, 5) is 29.1. The normalized spacial score (nSPS) is 18.0. The monoisotopic (exact) mass is 458 g/mol. The van der Waals surface area contributed by atoms with E-state index in [0.29, 0.717) is 25.3 Å². The van der Waals surface area contributed by atoms with E-state index in [1.807, 2.05) is 55.5 Å². The summed E-state index contributed by atoms with van der Waals surface area (Å²) in [6.45, 7) is 11.2. The third kappa shape index (κ3) is 4.63. The van der Waals surface area contributed by atoms with Crippen molar-refractivity contribution in [2.24, 2.45) is 0 Å². The van der Waals surface area contributed by atoms with Gasteiger partial charge >= 0.3 is 0 Å². The van der Waals surface area contributed by atoms with Gasteiger partial charge in [-0.15, -0.1) is 0 Å². The molecule has 6 heteroatoms. The minimum atomic E-state index is -1.08. The average Bonchev–Trinajstić information content (AvgIpc) is 3.26. The average molecular weight is 459 g/mol. The van der Waals surface area contributed by atoms with Crippen LogP contribution in [0.15, 0.2) is 60.7 Å². The maximum atomic E-state index is 13.8. The quantitative estimate of drug-likeness (QED) is 0.592. The summed E-state index contributed by atoms with van der Waals surface area (Å²) in [5.74, 6) is -0.362. The van der Waals surface area contributed by atoms with E-state index < -0.39 is 5.54 Å². The molecule has 6 nitrogen and oxygen atoms in total. The molecule has 0 saturated carbocycles. The van der Waals surface area contributed by atoms with Gasteiger partial charge in [0.25, 0.3) is 5.91 Å². The Bertz CT molecular complexity index is 1180. The lowest BCUT2D eigenvalue weighted by Gasteiger charge is -2.43. The standard InChI is InChI=1S/C28H34N4O2/c1-6-20-12-14-22(15-13-20)18-31-25(33)23-16-24(27(2,3)4)30-32(23)19-28(31,5)26(34)29-17-21-10-8-7-9-11-21/h7-16H,6,17-19H2,1-5H3,(H,29,34). The highest BCUT2D eigenvalue weighted by Gasteiger charge is 2.48. The van der Waals surface area contributed by atoms with Crippen LogP contribution in [0.1, 0.15) is 67.5 Å². The Labute approximate surface area is 202 Å². The predicted octanol–water partition coefficient (Wildman–Crippen LogP) is 4.47. The third-order valence-electron chi connectivity index (χ3n) is 6.62. The maximum absolute atomic E-state index is 13.8. The molecular formula is C28H34N4O2. The Morgan fingerprint density at radius 3 is 2.29 bits per heavy atom. The summed E-state index contributed by atoms with van der Waals surface area (Å²) in [6, 6.07) is 19.9. The molecule has 0 aliphatic carbocycles. The Kier molecular flexibility index (Phi) is 6.34. The molecule has 178 valence electrons. The van der Waals surface area contributed by atoms with Crippen molar-refractivity contribution in [1.82, 2.24) is 20.0 Å². The van der Waals surface area contributed by atoms with Gasteiger partial charge < -0.3 is 10.2 Å². The lowest BCUT2D eigenvalue weighted by atomic mass is 9.91. The molecule has 0 saturated heterocycles. The van der Waals surface area contributed by atoms with E-state index in [9.17, 15) is 9.59 Å². The zero-order valence-corrected chi connectivity index (χ0v) is 20.8. The number of hydrogen-bond acceptors (Lipinski definition) is 3. The Morgan fingerprint density at radius 1 is 1.03 bits per heavy atom. The number of benzene rings is 2. The second kappa shape index (κ2) is 9.09. The number of carbonyl (C=O) groups excluding carboxylic acids is 2. The van der Waals surface area contributed by atoms with Crippen molar-refractivity contribution >= 4 is 11.8 Å². The number of fused-ring (bicyclic) bond motifs is 1. The third-order valence-corrected chi connectivity index (χ3v) is 6.62. The van der Waals surface area contributed by atoms with Crippen LogP contribution < -0.4 is 5.32 Å². The number of nitrogens with zero attached hydrogens (tertiary/aromatic N) is 3. The first kappa shape index (κ1) is 23.7. The first-order chi connectivity index (χ1) is 16.1. The van der Waals surface area contributed by atoms with Crippen LogP contribution in [0.3, 0.4) is 0 Å². The van der Waals surface area contributed by atoms with E-state index >= 15 is 0 Å². The van der Waals surface area contributed by atoms with Crippen molar-refractivity contribution in [3.63, 3.8) is 0 Å². The molecule has 2 aromatic carbocycles. The highest BCUT2D eigenvalue weighted by molar-refractivity contribution is 5.99. The van der Waals surface area contributed by atoms with Crippen LogP contribution in [0.4, 0.5) is 0 Å². The van der Waals surface area contributed by atoms with Crippen LogP contribution in [-0.2, 0) is 36.3 Å². The van der Waals surface area contributed by atoms with Crippen molar-refractivity contribution in [2.45, 2.75) is 71.6 Å². The van der Waals surface area contributed by atoms with Crippen LogP contribution in [0, 0.1) is 0 Å². The molecule has 0 fully saturated rings. The summed E-state index contributed by atoms with van der Waals surface area (Å²) in [5, 5.41) is 7.78. The van der Waals surface area contributed by atoms with E-state index in [1.54, 1.807) is 9.58 Å². The minimum absolute atomic E-state index is 0.175.